The van der Waals surface area contributed by atoms with E-state index in [-0.39, 0.29) is 5.91 Å². The van der Waals surface area contributed by atoms with Gasteiger partial charge in [0.25, 0.3) is 0 Å². The van der Waals surface area contributed by atoms with Gasteiger partial charge in [0, 0.05) is 36.0 Å². The number of nitrogens with one attached hydrogen (secondary N) is 1. The van der Waals surface area contributed by atoms with Gasteiger partial charge in [-0.3, -0.25) is 4.79 Å². The van der Waals surface area contributed by atoms with Crippen molar-refractivity contribution in [3.8, 4) is 5.69 Å². The zero-order valence-electron chi connectivity index (χ0n) is 12.6. The second-order valence-electron chi connectivity index (χ2n) is 5.06. The van der Waals surface area contributed by atoms with E-state index in [9.17, 15) is 4.79 Å². The number of nitrogens with zero attached hydrogens (tertiary/aromatic N) is 1. The molecular formula is C17H18N2OS2. The van der Waals surface area contributed by atoms with Gasteiger partial charge in [0.05, 0.1) is 9.73 Å². The molecular weight excluding hydrogens is 312 g/mol. The summed E-state index contributed by atoms with van der Waals surface area (Å²) < 4.78 is 3.66. The topological polar surface area (TPSA) is 34.0 Å². The van der Waals surface area contributed by atoms with E-state index in [0.29, 0.717) is 6.54 Å². The normalized spacial score (nSPS) is 11.0. The Morgan fingerprint density at radius 3 is 2.77 bits per heavy atom. The van der Waals surface area contributed by atoms with Crippen LogP contribution >= 0.6 is 23.1 Å². The maximum atomic E-state index is 11.0. The lowest BCUT2D eigenvalue weighted by Gasteiger charge is -2.12. The third-order valence-corrected chi connectivity index (χ3v) is 5.60. The maximum Gasteiger partial charge on any atom is 0.216 e. The molecule has 3 nitrogen and oxygen atoms in total. The fourth-order valence-corrected chi connectivity index (χ4v) is 4.59. The third-order valence-electron chi connectivity index (χ3n) is 3.49. The van der Waals surface area contributed by atoms with Crippen LogP contribution in [-0.2, 0) is 4.79 Å². The molecule has 0 saturated carbocycles. The average Bonchev–Trinajstić information content (AvgIpc) is 3.08. The van der Waals surface area contributed by atoms with Crippen molar-refractivity contribution < 1.29 is 4.79 Å². The Labute approximate surface area is 138 Å². The Kier molecular flexibility index (Phi) is 4.55. The van der Waals surface area contributed by atoms with E-state index in [1.807, 2.05) is 6.07 Å². The maximum absolute atomic E-state index is 11.0. The van der Waals surface area contributed by atoms with Crippen molar-refractivity contribution in [1.82, 2.24) is 9.88 Å². The van der Waals surface area contributed by atoms with E-state index in [1.54, 1.807) is 30.0 Å². The van der Waals surface area contributed by atoms with Gasteiger partial charge in [-0.2, -0.15) is 0 Å². The molecule has 1 N–H and O–H groups in total. The van der Waals surface area contributed by atoms with E-state index in [4.69, 9.17) is 0 Å². The summed E-state index contributed by atoms with van der Waals surface area (Å²) in [7, 11) is 0. The molecule has 0 aliphatic rings. The number of aryl methyl sites for hydroxylation is 1. The summed E-state index contributed by atoms with van der Waals surface area (Å²) in [5.41, 5.74) is 2.46. The molecule has 114 valence electrons. The van der Waals surface area contributed by atoms with Crippen LogP contribution in [0.2, 0.25) is 0 Å². The lowest BCUT2D eigenvalue weighted by molar-refractivity contribution is -0.118. The molecule has 0 spiro atoms. The van der Waals surface area contributed by atoms with Crippen molar-refractivity contribution in [2.24, 2.45) is 0 Å². The number of benzene rings is 1. The van der Waals surface area contributed by atoms with E-state index < -0.39 is 0 Å². The van der Waals surface area contributed by atoms with Crippen LogP contribution in [-0.4, -0.2) is 22.8 Å². The quantitative estimate of drug-likeness (QED) is 0.561. The van der Waals surface area contributed by atoms with Crippen molar-refractivity contribution in [3.63, 3.8) is 0 Å². The molecule has 22 heavy (non-hydrogen) atoms. The highest BCUT2D eigenvalue weighted by molar-refractivity contribution is 7.99. The number of hydrogen-bond acceptors (Lipinski definition) is 3. The molecule has 1 amide bonds. The first-order chi connectivity index (χ1) is 10.7. The zero-order valence-corrected chi connectivity index (χ0v) is 14.3. The molecule has 0 unspecified atom stereocenters. The fraction of sp³-hybridized carbons (Fsp3) is 0.235. The number of thiophene rings is 1. The van der Waals surface area contributed by atoms with Crippen LogP contribution < -0.4 is 5.32 Å². The first-order valence-electron chi connectivity index (χ1n) is 7.19. The number of hydrogen-bond donors (Lipinski definition) is 1. The number of carbonyl (C=O) groups excluding carboxylic acids is 1. The minimum Gasteiger partial charge on any atom is -0.356 e. The molecule has 0 atom stereocenters. The van der Waals surface area contributed by atoms with Gasteiger partial charge < -0.3 is 9.88 Å². The highest BCUT2D eigenvalue weighted by atomic mass is 32.2. The van der Waals surface area contributed by atoms with E-state index in [1.165, 1.54) is 26.5 Å². The van der Waals surface area contributed by atoms with E-state index in [0.717, 1.165) is 5.75 Å². The lowest BCUT2D eigenvalue weighted by atomic mass is 10.3. The van der Waals surface area contributed by atoms with Gasteiger partial charge in [-0.05, 0) is 30.5 Å². The van der Waals surface area contributed by atoms with Gasteiger partial charge in [-0.15, -0.1) is 23.1 Å². The molecule has 3 aromatic rings. The number of aromatic nitrogens is 1. The number of carbonyl (C=O) groups is 1. The Balaban J connectivity index is 1.96. The Bertz CT molecular complexity index is 790. The summed E-state index contributed by atoms with van der Waals surface area (Å²) in [5, 5.41) is 7.56. The van der Waals surface area contributed by atoms with Crippen LogP contribution in [0, 0.1) is 6.92 Å². The van der Waals surface area contributed by atoms with Crippen molar-refractivity contribution in [2.45, 2.75) is 18.9 Å². The number of para-hydroxylation sites is 1. The average molecular weight is 330 g/mol. The number of rotatable bonds is 5. The van der Waals surface area contributed by atoms with Gasteiger partial charge in [0.15, 0.2) is 0 Å². The van der Waals surface area contributed by atoms with E-state index in [2.05, 4.69) is 52.5 Å². The molecule has 0 bridgehead atoms. The van der Waals surface area contributed by atoms with Gasteiger partial charge in [-0.1, -0.05) is 18.2 Å². The minimum absolute atomic E-state index is 0.0240. The van der Waals surface area contributed by atoms with E-state index >= 15 is 0 Å². The van der Waals surface area contributed by atoms with Crippen LogP contribution in [0.15, 0.2) is 46.8 Å². The second kappa shape index (κ2) is 6.58. The molecule has 2 heterocycles. The standard InChI is InChI=1S/C17H18N2OS2/c1-12-16-15(8-10-21-16)17(22-11-9-18-13(2)20)19(12)14-6-4-3-5-7-14/h3-8,10H,9,11H2,1-2H3,(H,18,20). The largest absolute Gasteiger partial charge is 0.356 e. The summed E-state index contributed by atoms with van der Waals surface area (Å²) in [6.45, 7) is 4.41. The number of amides is 1. The number of thioether (sulfide) groups is 1. The molecule has 0 saturated heterocycles. The van der Waals surface area contributed by atoms with Crippen LogP contribution in [0.1, 0.15) is 12.6 Å². The minimum atomic E-state index is 0.0240. The zero-order chi connectivity index (χ0) is 15.5. The van der Waals surface area contributed by atoms with Gasteiger partial charge in [0.1, 0.15) is 0 Å². The van der Waals surface area contributed by atoms with Gasteiger partial charge in [0.2, 0.25) is 5.91 Å². The summed E-state index contributed by atoms with van der Waals surface area (Å²) in [6, 6.07) is 12.6. The second-order valence-corrected chi connectivity index (χ2v) is 7.06. The SMILES string of the molecule is CC(=O)NCCSc1c2ccsc2c(C)n1-c1ccccc1. The van der Waals surface area contributed by atoms with Gasteiger partial charge >= 0.3 is 0 Å². The molecule has 2 aromatic heterocycles. The monoisotopic (exact) mass is 330 g/mol. The molecule has 0 aliphatic heterocycles. The molecule has 1 aromatic carbocycles. The summed E-state index contributed by atoms with van der Waals surface area (Å²) in [5.74, 6) is 0.886. The molecule has 3 rings (SSSR count). The number of fused-ring (bicyclic) bond motifs is 1. The Morgan fingerprint density at radius 1 is 1.27 bits per heavy atom. The van der Waals surface area contributed by atoms with Crippen molar-refractivity contribution in [1.29, 1.82) is 0 Å². The predicted molar refractivity (Wildman–Crippen MR) is 95.3 cm³/mol. The Morgan fingerprint density at radius 2 is 2.05 bits per heavy atom. The van der Waals surface area contributed by atoms with Crippen molar-refractivity contribution >= 4 is 39.1 Å². The van der Waals surface area contributed by atoms with Crippen molar-refractivity contribution in [2.75, 3.05) is 12.3 Å². The van der Waals surface area contributed by atoms with Crippen molar-refractivity contribution in [3.05, 3.63) is 47.5 Å². The molecule has 0 fully saturated rings. The predicted octanol–water partition coefficient (Wildman–Crippen LogP) is 4.23. The summed E-state index contributed by atoms with van der Waals surface area (Å²) in [4.78, 5) is 11.0. The van der Waals surface area contributed by atoms with Crippen LogP contribution in [0.3, 0.4) is 0 Å². The van der Waals surface area contributed by atoms with Gasteiger partial charge in [-0.25, -0.2) is 0 Å². The highest BCUT2D eigenvalue weighted by Crippen LogP contribution is 2.38. The molecule has 5 heteroatoms. The van der Waals surface area contributed by atoms with Crippen LogP contribution in [0.25, 0.3) is 15.8 Å². The Hall–Kier alpha value is -1.72. The van der Waals surface area contributed by atoms with Crippen LogP contribution in [0.4, 0.5) is 0 Å². The molecule has 0 radical (unpaired) electrons. The molecule has 0 aliphatic carbocycles. The first kappa shape index (κ1) is 15.2. The lowest BCUT2D eigenvalue weighted by Crippen LogP contribution is -2.22. The fourth-order valence-electron chi connectivity index (χ4n) is 2.54. The summed E-state index contributed by atoms with van der Waals surface area (Å²) in [6.07, 6.45) is 0. The first-order valence-corrected chi connectivity index (χ1v) is 9.06. The highest BCUT2D eigenvalue weighted by Gasteiger charge is 2.16. The smallest absolute Gasteiger partial charge is 0.216 e. The summed E-state index contributed by atoms with van der Waals surface area (Å²) >= 11 is 3.58. The third kappa shape index (κ3) is 2.91. The van der Waals surface area contributed by atoms with Crippen LogP contribution in [0.5, 0.6) is 0 Å².